The molecule has 0 bridgehead atoms. The Hall–Kier alpha value is -2.49. The smallest absolute Gasteiger partial charge is 0.307 e. The molecule has 1 saturated heterocycles. The molecule has 0 radical (unpaired) electrons. The van der Waals surface area contributed by atoms with Crippen molar-refractivity contribution in [2.75, 3.05) is 18.4 Å². The molecule has 0 atom stereocenters. The van der Waals surface area contributed by atoms with Crippen molar-refractivity contribution in [1.82, 2.24) is 8.87 Å². The first-order valence-corrected chi connectivity index (χ1v) is 12.0. The second-order valence-electron chi connectivity index (χ2n) is 7.51. The molecule has 1 aliphatic heterocycles. The molecule has 158 valence electrons. The molecule has 0 unspecified atom stereocenters. The molecule has 2 heterocycles. The molecule has 1 aliphatic rings. The number of piperidine rings is 1. The maximum atomic E-state index is 13.1. The Bertz CT molecular complexity index is 1290. The van der Waals surface area contributed by atoms with Crippen LogP contribution in [0.25, 0.3) is 10.2 Å². The fourth-order valence-electron chi connectivity index (χ4n) is 3.68. The molecule has 1 amide bonds. The maximum absolute atomic E-state index is 13.1. The number of aromatic nitrogens is 1. The summed E-state index contributed by atoms with van der Waals surface area (Å²) in [5, 5.41) is 2.80. The number of sulfonamides is 1. The molecular weight excluding hydrogens is 422 g/mol. The highest BCUT2D eigenvalue weighted by molar-refractivity contribution is 7.89. The molecule has 30 heavy (non-hydrogen) atoms. The average molecular weight is 446 g/mol. The van der Waals surface area contributed by atoms with Gasteiger partial charge in [0.1, 0.15) is 0 Å². The van der Waals surface area contributed by atoms with Gasteiger partial charge in [-0.2, -0.15) is 4.31 Å². The molecule has 1 N–H and O–H groups in total. The van der Waals surface area contributed by atoms with Crippen LogP contribution in [0.5, 0.6) is 0 Å². The van der Waals surface area contributed by atoms with Crippen LogP contribution in [0.2, 0.25) is 0 Å². The maximum Gasteiger partial charge on any atom is 0.307 e. The van der Waals surface area contributed by atoms with Crippen LogP contribution in [-0.2, 0) is 17.1 Å². The van der Waals surface area contributed by atoms with Crippen LogP contribution >= 0.6 is 11.3 Å². The highest BCUT2D eigenvalue weighted by atomic mass is 32.2. The normalized spacial score (nSPS) is 15.4. The first kappa shape index (κ1) is 20.8. The van der Waals surface area contributed by atoms with Gasteiger partial charge < -0.3 is 9.88 Å². The Balaban J connectivity index is 1.62. The average Bonchev–Trinajstić information content (AvgIpc) is 3.02. The Labute approximate surface area is 179 Å². The summed E-state index contributed by atoms with van der Waals surface area (Å²) >= 11 is 1.11. The summed E-state index contributed by atoms with van der Waals surface area (Å²) < 4.78 is 30.0. The van der Waals surface area contributed by atoms with Crippen molar-refractivity contribution >= 4 is 43.2 Å². The van der Waals surface area contributed by atoms with Gasteiger partial charge in [-0.05, 0) is 55.7 Å². The third-order valence-corrected chi connectivity index (χ3v) is 8.47. The van der Waals surface area contributed by atoms with Gasteiger partial charge in [-0.3, -0.25) is 9.59 Å². The molecule has 7 nitrogen and oxygen atoms in total. The van der Waals surface area contributed by atoms with E-state index in [1.54, 1.807) is 48.9 Å². The first-order chi connectivity index (χ1) is 14.3. The van der Waals surface area contributed by atoms with Gasteiger partial charge in [-0.25, -0.2) is 8.42 Å². The lowest BCUT2D eigenvalue weighted by Gasteiger charge is -2.26. The van der Waals surface area contributed by atoms with E-state index in [1.807, 2.05) is 0 Å². The number of carbonyl (C=O) groups is 1. The fourth-order valence-corrected chi connectivity index (χ4v) is 6.37. The van der Waals surface area contributed by atoms with Crippen LogP contribution < -0.4 is 10.2 Å². The van der Waals surface area contributed by atoms with Gasteiger partial charge in [-0.1, -0.05) is 23.8 Å². The minimum absolute atomic E-state index is 0.0698. The van der Waals surface area contributed by atoms with Gasteiger partial charge in [0.15, 0.2) is 0 Å². The monoisotopic (exact) mass is 445 g/mol. The second kappa shape index (κ2) is 7.98. The summed E-state index contributed by atoms with van der Waals surface area (Å²) in [6, 6.07) is 10.0. The molecule has 1 fully saturated rings. The Morgan fingerprint density at radius 3 is 2.53 bits per heavy atom. The van der Waals surface area contributed by atoms with Crippen LogP contribution in [-0.4, -0.2) is 36.3 Å². The van der Waals surface area contributed by atoms with Crippen LogP contribution in [0.1, 0.15) is 35.2 Å². The fraction of sp³-hybridized carbons (Fsp3) is 0.333. The Morgan fingerprint density at radius 2 is 1.80 bits per heavy atom. The molecule has 0 aliphatic carbocycles. The molecule has 1 aromatic heterocycles. The highest BCUT2D eigenvalue weighted by Crippen LogP contribution is 2.26. The molecule has 0 spiro atoms. The van der Waals surface area contributed by atoms with Gasteiger partial charge in [0.25, 0.3) is 5.91 Å². The zero-order valence-electron chi connectivity index (χ0n) is 16.8. The van der Waals surface area contributed by atoms with Crippen molar-refractivity contribution < 1.29 is 13.2 Å². The van der Waals surface area contributed by atoms with Crippen molar-refractivity contribution in [2.24, 2.45) is 7.05 Å². The minimum atomic E-state index is -3.63. The number of fused-ring (bicyclic) bond motifs is 1. The summed E-state index contributed by atoms with van der Waals surface area (Å²) in [6.45, 7) is 2.76. The first-order valence-electron chi connectivity index (χ1n) is 9.79. The standard InChI is InChI=1S/C21H23N3O4S2/c1-14-6-7-15(12-19(14)30(27,28)24-10-4-3-5-11-24)20(25)22-16-8-9-17-18(13-16)29-21(26)23(17)2/h6-9,12-13H,3-5,10-11H2,1-2H3,(H,22,25). The molecule has 0 saturated carbocycles. The lowest BCUT2D eigenvalue weighted by Crippen LogP contribution is -2.36. The van der Waals surface area contributed by atoms with Gasteiger partial charge in [-0.15, -0.1) is 0 Å². The van der Waals surface area contributed by atoms with Gasteiger partial charge in [0, 0.05) is 31.4 Å². The molecular formula is C21H23N3O4S2. The number of anilines is 1. The van der Waals surface area contributed by atoms with Gasteiger partial charge in [0.2, 0.25) is 10.0 Å². The summed E-state index contributed by atoms with van der Waals surface area (Å²) in [7, 11) is -1.93. The molecule has 3 aromatic rings. The minimum Gasteiger partial charge on any atom is -0.322 e. The zero-order chi connectivity index (χ0) is 21.5. The number of nitrogens with one attached hydrogen (secondary N) is 1. The number of thiazole rings is 1. The number of hydrogen-bond acceptors (Lipinski definition) is 5. The number of carbonyl (C=O) groups excluding carboxylic acids is 1. The van der Waals surface area contributed by atoms with E-state index in [-0.39, 0.29) is 15.3 Å². The lowest BCUT2D eigenvalue weighted by molar-refractivity contribution is 0.102. The molecule has 2 aromatic carbocycles. The number of nitrogens with zero attached hydrogens (tertiary/aromatic N) is 2. The van der Waals surface area contributed by atoms with Crippen LogP contribution in [0, 0.1) is 6.92 Å². The van der Waals surface area contributed by atoms with E-state index >= 15 is 0 Å². The zero-order valence-corrected chi connectivity index (χ0v) is 18.5. The van der Waals surface area contributed by atoms with E-state index in [9.17, 15) is 18.0 Å². The van der Waals surface area contributed by atoms with E-state index in [1.165, 1.54) is 10.4 Å². The van der Waals surface area contributed by atoms with Gasteiger partial charge >= 0.3 is 4.87 Å². The van der Waals surface area contributed by atoms with E-state index in [0.29, 0.717) is 24.3 Å². The van der Waals surface area contributed by atoms with E-state index < -0.39 is 15.9 Å². The number of rotatable bonds is 4. The van der Waals surface area contributed by atoms with Crippen LogP contribution in [0.3, 0.4) is 0 Å². The number of aryl methyl sites for hydroxylation is 2. The number of benzene rings is 2. The summed E-state index contributed by atoms with van der Waals surface area (Å²) in [5.41, 5.74) is 2.24. The summed E-state index contributed by atoms with van der Waals surface area (Å²) in [5.74, 6) is -0.396. The van der Waals surface area contributed by atoms with Crippen molar-refractivity contribution in [3.63, 3.8) is 0 Å². The Kier molecular flexibility index (Phi) is 5.52. The summed E-state index contributed by atoms with van der Waals surface area (Å²) in [6.07, 6.45) is 2.74. The van der Waals surface area contributed by atoms with Crippen molar-refractivity contribution in [1.29, 1.82) is 0 Å². The van der Waals surface area contributed by atoms with E-state index in [0.717, 1.165) is 40.8 Å². The van der Waals surface area contributed by atoms with Crippen molar-refractivity contribution in [3.8, 4) is 0 Å². The van der Waals surface area contributed by atoms with Crippen molar-refractivity contribution in [3.05, 3.63) is 57.2 Å². The SMILES string of the molecule is Cc1ccc(C(=O)Nc2ccc3c(c2)sc(=O)n3C)cc1S(=O)(=O)N1CCCCC1. The van der Waals surface area contributed by atoms with E-state index in [4.69, 9.17) is 0 Å². The quantitative estimate of drug-likeness (QED) is 0.667. The predicted octanol–water partition coefficient (Wildman–Crippen LogP) is 3.34. The summed E-state index contributed by atoms with van der Waals surface area (Å²) in [4.78, 5) is 24.7. The number of amides is 1. The topological polar surface area (TPSA) is 88.5 Å². The van der Waals surface area contributed by atoms with Gasteiger partial charge in [0.05, 0.1) is 15.1 Å². The predicted molar refractivity (Wildman–Crippen MR) is 119 cm³/mol. The number of hydrogen-bond donors (Lipinski definition) is 1. The van der Waals surface area contributed by atoms with Crippen molar-refractivity contribution in [2.45, 2.75) is 31.1 Å². The molecule has 4 rings (SSSR count). The van der Waals surface area contributed by atoms with E-state index in [2.05, 4.69) is 5.32 Å². The highest BCUT2D eigenvalue weighted by Gasteiger charge is 2.28. The Morgan fingerprint density at radius 1 is 1.07 bits per heavy atom. The third kappa shape index (κ3) is 3.80. The second-order valence-corrected chi connectivity index (χ2v) is 10.4. The molecule has 9 heteroatoms. The third-order valence-electron chi connectivity index (χ3n) is 5.43. The van der Waals surface area contributed by atoms with Crippen LogP contribution in [0.15, 0.2) is 46.1 Å². The largest absolute Gasteiger partial charge is 0.322 e. The lowest BCUT2D eigenvalue weighted by atomic mass is 10.1. The van der Waals surface area contributed by atoms with Crippen LogP contribution in [0.4, 0.5) is 5.69 Å².